The first-order valence-electron chi connectivity index (χ1n) is 7.30. The van der Waals surface area contributed by atoms with Crippen molar-refractivity contribution in [1.82, 2.24) is 10.3 Å². The summed E-state index contributed by atoms with van der Waals surface area (Å²) in [6, 6.07) is 11.7. The first-order valence-corrected chi connectivity index (χ1v) is 7.30. The zero-order valence-corrected chi connectivity index (χ0v) is 11.8. The standard InChI is InChI=1S/C17H22N2/c1-12(11-18-16-6-7-16)9-14-4-8-17-15(10-14)5-3-13(2)19-17/h3-5,8,10,12,16,18H,6-7,9,11H2,1-2H3. The fourth-order valence-corrected chi connectivity index (χ4v) is 2.53. The van der Waals surface area contributed by atoms with Crippen molar-refractivity contribution in [3.8, 4) is 0 Å². The third kappa shape index (κ3) is 3.32. The van der Waals surface area contributed by atoms with Gasteiger partial charge in [-0.1, -0.05) is 19.1 Å². The smallest absolute Gasteiger partial charge is 0.0705 e. The molecule has 1 heterocycles. The lowest BCUT2D eigenvalue weighted by Crippen LogP contribution is -2.24. The molecule has 2 aromatic rings. The minimum absolute atomic E-state index is 0.691. The van der Waals surface area contributed by atoms with E-state index in [1.165, 1.54) is 23.8 Å². The van der Waals surface area contributed by atoms with Crippen LogP contribution in [0.3, 0.4) is 0 Å². The second-order valence-corrected chi connectivity index (χ2v) is 5.97. The maximum absolute atomic E-state index is 4.55. The van der Waals surface area contributed by atoms with Crippen LogP contribution in [0.25, 0.3) is 10.9 Å². The van der Waals surface area contributed by atoms with Crippen LogP contribution in [0.2, 0.25) is 0 Å². The lowest BCUT2D eigenvalue weighted by Gasteiger charge is -2.12. The molecule has 0 bridgehead atoms. The summed E-state index contributed by atoms with van der Waals surface area (Å²) in [5.74, 6) is 0.691. The Hall–Kier alpha value is -1.41. The second kappa shape index (κ2) is 5.30. The van der Waals surface area contributed by atoms with Gasteiger partial charge < -0.3 is 5.32 Å². The molecule has 1 N–H and O–H groups in total. The monoisotopic (exact) mass is 254 g/mol. The molecule has 1 aliphatic carbocycles. The van der Waals surface area contributed by atoms with E-state index in [4.69, 9.17) is 0 Å². The molecule has 2 nitrogen and oxygen atoms in total. The number of rotatable bonds is 5. The molecule has 19 heavy (non-hydrogen) atoms. The summed E-state index contributed by atoms with van der Waals surface area (Å²) in [6.07, 6.45) is 3.88. The second-order valence-electron chi connectivity index (χ2n) is 5.97. The summed E-state index contributed by atoms with van der Waals surface area (Å²) in [7, 11) is 0. The molecule has 0 amide bonds. The molecular weight excluding hydrogens is 232 g/mol. The molecule has 1 fully saturated rings. The maximum atomic E-state index is 4.55. The van der Waals surface area contributed by atoms with Crippen molar-refractivity contribution >= 4 is 10.9 Å². The lowest BCUT2D eigenvalue weighted by atomic mass is 9.99. The van der Waals surface area contributed by atoms with Crippen LogP contribution in [-0.2, 0) is 6.42 Å². The number of aryl methyl sites for hydroxylation is 1. The molecular formula is C17H22N2. The molecule has 0 saturated heterocycles. The van der Waals surface area contributed by atoms with Gasteiger partial charge in [0.2, 0.25) is 0 Å². The summed E-state index contributed by atoms with van der Waals surface area (Å²) in [5.41, 5.74) is 3.61. The first kappa shape index (κ1) is 12.6. The van der Waals surface area contributed by atoms with Gasteiger partial charge in [-0.05, 0) is 62.4 Å². The summed E-state index contributed by atoms with van der Waals surface area (Å²) < 4.78 is 0. The Balaban J connectivity index is 1.68. The fraction of sp³-hybridized carbons (Fsp3) is 0.471. The van der Waals surface area contributed by atoms with Gasteiger partial charge in [-0.3, -0.25) is 4.98 Å². The largest absolute Gasteiger partial charge is 0.314 e. The van der Waals surface area contributed by atoms with E-state index in [-0.39, 0.29) is 0 Å². The Kier molecular flexibility index (Phi) is 3.52. The molecule has 0 radical (unpaired) electrons. The zero-order valence-electron chi connectivity index (χ0n) is 11.8. The van der Waals surface area contributed by atoms with Gasteiger partial charge in [0.25, 0.3) is 0 Å². The minimum atomic E-state index is 0.691. The first-order chi connectivity index (χ1) is 9.20. The van der Waals surface area contributed by atoms with Gasteiger partial charge in [-0.2, -0.15) is 0 Å². The van der Waals surface area contributed by atoms with E-state index in [1.807, 2.05) is 6.92 Å². The normalized spacial score (nSPS) is 16.7. The van der Waals surface area contributed by atoms with E-state index < -0.39 is 0 Å². The molecule has 1 unspecified atom stereocenters. The Labute approximate surface area is 115 Å². The SMILES string of the molecule is Cc1ccc2cc(CC(C)CNC3CC3)ccc2n1. The number of hydrogen-bond donors (Lipinski definition) is 1. The zero-order chi connectivity index (χ0) is 13.2. The molecule has 1 saturated carbocycles. The van der Waals surface area contributed by atoms with E-state index in [2.05, 4.69) is 47.6 Å². The summed E-state index contributed by atoms with van der Waals surface area (Å²) >= 11 is 0. The van der Waals surface area contributed by atoms with Gasteiger partial charge in [0.1, 0.15) is 0 Å². The number of fused-ring (bicyclic) bond motifs is 1. The van der Waals surface area contributed by atoms with Crippen LogP contribution in [0.1, 0.15) is 31.0 Å². The van der Waals surface area contributed by atoms with E-state index in [0.717, 1.165) is 30.2 Å². The molecule has 1 aromatic carbocycles. The number of nitrogens with zero attached hydrogens (tertiary/aromatic N) is 1. The highest BCUT2D eigenvalue weighted by atomic mass is 14.9. The van der Waals surface area contributed by atoms with Crippen molar-refractivity contribution in [2.75, 3.05) is 6.54 Å². The molecule has 2 heteroatoms. The summed E-state index contributed by atoms with van der Waals surface area (Å²) in [5, 5.41) is 4.86. The summed E-state index contributed by atoms with van der Waals surface area (Å²) in [4.78, 5) is 4.55. The molecule has 0 aliphatic heterocycles. The number of hydrogen-bond acceptors (Lipinski definition) is 2. The number of benzene rings is 1. The van der Waals surface area contributed by atoms with E-state index in [9.17, 15) is 0 Å². The van der Waals surface area contributed by atoms with Gasteiger partial charge in [0.15, 0.2) is 0 Å². The Morgan fingerprint density at radius 3 is 2.89 bits per heavy atom. The van der Waals surface area contributed by atoms with Crippen molar-refractivity contribution < 1.29 is 0 Å². The van der Waals surface area contributed by atoms with Gasteiger partial charge in [-0.15, -0.1) is 0 Å². The Bertz CT molecular complexity index is 572. The van der Waals surface area contributed by atoms with Crippen LogP contribution in [0.5, 0.6) is 0 Å². The van der Waals surface area contributed by atoms with Crippen LogP contribution < -0.4 is 5.32 Å². The van der Waals surface area contributed by atoms with Crippen molar-refractivity contribution in [2.24, 2.45) is 5.92 Å². The van der Waals surface area contributed by atoms with Gasteiger partial charge in [0.05, 0.1) is 5.52 Å². The van der Waals surface area contributed by atoms with Crippen LogP contribution in [-0.4, -0.2) is 17.6 Å². The molecule has 1 aliphatic rings. The predicted octanol–water partition coefficient (Wildman–Crippen LogP) is 3.47. The van der Waals surface area contributed by atoms with Crippen LogP contribution in [0.4, 0.5) is 0 Å². The highest BCUT2D eigenvalue weighted by Gasteiger charge is 2.20. The van der Waals surface area contributed by atoms with Gasteiger partial charge >= 0.3 is 0 Å². The number of pyridine rings is 1. The third-order valence-electron chi connectivity index (χ3n) is 3.81. The van der Waals surface area contributed by atoms with E-state index in [0.29, 0.717) is 5.92 Å². The van der Waals surface area contributed by atoms with Crippen molar-refractivity contribution in [3.63, 3.8) is 0 Å². The van der Waals surface area contributed by atoms with E-state index >= 15 is 0 Å². The Morgan fingerprint density at radius 2 is 2.11 bits per heavy atom. The highest BCUT2D eigenvalue weighted by molar-refractivity contribution is 5.79. The van der Waals surface area contributed by atoms with Crippen LogP contribution in [0, 0.1) is 12.8 Å². The number of nitrogens with one attached hydrogen (secondary N) is 1. The van der Waals surface area contributed by atoms with Crippen molar-refractivity contribution in [3.05, 3.63) is 41.6 Å². The average Bonchev–Trinajstić information content (AvgIpc) is 3.21. The van der Waals surface area contributed by atoms with Crippen molar-refractivity contribution in [1.29, 1.82) is 0 Å². The predicted molar refractivity (Wildman–Crippen MR) is 80.4 cm³/mol. The summed E-state index contributed by atoms with van der Waals surface area (Å²) in [6.45, 7) is 5.50. The van der Waals surface area contributed by atoms with Crippen LogP contribution in [0.15, 0.2) is 30.3 Å². The topological polar surface area (TPSA) is 24.9 Å². The molecule has 3 rings (SSSR count). The highest BCUT2D eigenvalue weighted by Crippen LogP contribution is 2.20. The molecule has 1 atom stereocenters. The van der Waals surface area contributed by atoms with Crippen molar-refractivity contribution in [2.45, 2.75) is 39.2 Å². The Morgan fingerprint density at radius 1 is 1.26 bits per heavy atom. The molecule has 0 spiro atoms. The maximum Gasteiger partial charge on any atom is 0.0705 e. The lowest BCUT2D eigenvalue weighted by molar-refractivity contribution is 0.509. The van der Waals surface area contributed by atoms with Crippen LogP contribution >= 0.6 is 0 Å². The van der Waals surface area contributed by atoms with Gasteiger partial charge in [-0.25, -0.2) is 0 Å². The van der Waals surface area contributed by atoms with Gasteiger partial charge in [0, 0.05) is 17.1 Å². The molecule has 1 aromatic heterocycles. The quantitative estimate of drug-likeness (QED) is 0.883. The minimum Gasteiger partial charge on any atom is -0.314 e. The number of aromatic nitrogens is 1. The third-order valence-corrected chi connectivity index (χ3v) is 3.81. The molecule has 100 valence electrons. The van der Waals surface area contributed by atoms with E-state index in [1.54, 1.807) is 0 Å². The average molecular weight is 254 g/mol. The fourth-order valence-electron chi connectivity index (χ4n) is 2.53.